The molecule has 8 amide bonds. The molecule has 10 rings (SSSR count). The molecule has 0 bridgehead atoms. The molecule has 3 aromatic carbocycles. The number of hydrogen-bond acceptors (Lipinski definition) is 22. The highest BCUT2D eigenvalue weighted by Gasteiger charge is 2.47. The zero-order valence-electron chi connectivity index (χ0n) is 71.1. The minimum Gasteiger partial charge on any atom is -0.496 e. The number of alkyl carbamates (subject to hydrolysis) is 1. The molecule has 12 atom stereocenters. The first-order valence-electron chi connectivity index (χ1n) is 40.9. The Balaban J connectivity index is 0.000000240. The number of cyclic esters (lactones) is 1. The number of ether oxygens (including phenoxy) is 5. The van der Waals surface area contributed by atoms with Crippen LogP contribution in [0.4, 0.5) is 9.59 Å². The third-order valence-corrected chi connectivity index (χ3v) is 21.0. The summed E-state index contributed by atoms with van der Waals surface area (Å²) < 4.78 is 27.1. The van der Waals surface area contributed by atoms with E-state index in [-0.39, 0.29) is 133 Å². The quantitative estimate of drug-likeness (QED) is 0.00746. The molecule has 120 heavy (non-hydrogen) atoms. The highest BCUT2D eigenvalue weighted by molar-refractivity contribution is 6.06. The van der Waals surface area contributed by atoms with Crippen molar-refractivity contribution in [2.24, 2.45) is 58.3 Å². The fraction of sp³-hybridized carbons (Fsp3) is 0.552. The largest absolute Gasteiger partial charge is 0.496 e. The lowest BCUT2D eigenvalue weighted by Gasteiger charge is -2.28. The van der Waals surface area contributed by atoms with Crippen molar-refractivity contribution in [3.63, 3.8) is 0 Å². The summed E-state index contributed by atoms with van der Waals surface area (Å²) in [5.74, 6) is -3.28. The molecule has 7 heterocycles. The van der Waals surface area contributed by atoms with Gasteiger partial charge in [0.2, 0.25) is 47.6 Å². The number of carbonyl (C=O) groups is 11. The maximum atomic E-state index is 13.7. The fourth-order valence-electron chi connectivity index (χ4n) is 15.1. The molecular formula is C87H117N15O18. The number of isocyanates is 1. The van der Waals surface area contributed by atoms with Gasteiger partial charge < -0.3 is 81.0 Å². The van der Waals surface area contributed by atoms with Gasteiger partial charge in [0.15, 0.2) is 29.6 Å². The van der Waals surface area contributed by atoms with Gasteiger partial charge in [-0.15, -0.1) is 0 Å². The predicted octanol–water partition coefficient (Wildman–Crippen LogP) is 10.1. The van der Waals surface area contributed by atoms with Crippen LogP contribution < -0.4 is 51.4 Å². The number of nitrogens with one attached hydrogen (secondary N) is 11. The molecule has 6 aromatic rings. The molecule has 0 radical (unpaired) electrons. The highest BCUT2D eigenvalue weighted by atomic mass is 16.6. The van der Waals surface area contributed by atoms with Gasteiger partial charge in [0, 0.05) is 119 Å². The Morgan fingerprint density at radius 3 is 1.23 bits per heavy atom. The van der Waals surface area contributed by atoms with Crippen LogP contribution in [0.5, 0.6) is 17.2 Å². The summed E-state index contributed by atoms with van der Waals surface area (Å²) in [7, 11) is 4.69. The van der Waals surface area contributed by atoms with Gasteiger partial charge in [0.25, 0.3) is 0 Å². The zero-order chi connectivity index (χ0) is 88.4. The number of fused-ring (bicyclic) bond motifs is 3. The number of nitrogens with zero attached hydrogens (tertiary/aromatic N) is 4. The molecule has 4 aliphatic rings. The molecular weight excluding hydrogens is 1540 g/mol. The van der Waals surface area contributed by atoms with Crippen molar-refractivity contribution in [2.45, 2.75) is 215 Å². The van der Waals surface area contributed by atoms with Crippen LogP contribution in [-0.4, -0.2) is 197 Å². The number of carbonyl (C=O) groups excluding carboxylic acids is 12. The SMILES string of the molecule is CC(C)N=C=O.COc1cccc2[nH]c(C(=O)C[C@@H](CC(C)C)C(=O)N[C@@H](C[C@@H]3CCNC3=O)C(C#N)OC(=O)NC(C)C)cc12.COc1cccc2[nH]c(C(=O)C[C@@H](CC(C)C)C(=O)N[C@@H](C[C@@H]3CCNC3=O)C(O)C#N)cc12.COc1cccc2[nH]c(C(=O)C[C@@H](CC(C)C)C(=O)N[C@@H](C[C@@H]3CCNC3=O)C3OC(=O)N(C(C)C)C3=N)cc12. The number of aromatic amines is 3. The third kappa shape index (κ3) is 26.8. The average Bonchev–Trinajstić information content (AvgIpc) is 1.64. The summed E-state index contributed by atoms with van der Waals surface area (Å²) in [6, 6.07) is 22.3. The van der Waals surface area contributed by atoms with Crippen molar-refractivity contribution in [3.8, 4) is 29.4 Å². The molecule has 3 unspecified atom stereocenters. The van der Waals surface area contributed by atoms with Gasteiger partial charge in [-0.1, -0.05) is 59.7 Å². The van der Waals surface area contributed by atoms with E-state index in [9.17, 15) is 73.2 Å². The number of aliphatic hydroxyl groups excluding tert-OH is 1. The molecule has 4 fully saturated rings. The van der Waals surface area contributed by atoms with Crippen LogP contribution in [0.1, 0.15) is 192 Å². The smallest absolute Gasteiger partial charge is 0.416 e. The molecule has 4 saturated heterocycles. The summed E-state index contributed by atoms with van der Waals surface area (Å²) in [5.41, 5.74) is 3.41. The first-order valence-corrected chi connectivity index (χ1v) is 40.9. The third-order valence-electron chi connectivity index (χ3n) is 21.0. The van der Waals surface area contributed by atoms with Gasteiger partial charge >= 0.3 is 12.2 Å². The first kappa shape index (κ1) is 95.2. The van der Waals surface area contributed by atoms with Crippen molar-refractivity contribution in [3.05, 3.63) is 89.9 Å². The van der Waals surface area contributed by atoms with E-state index in [4.69, 9.17) is 29.1 Å². The Bertz CT molecular complexity index is 4750. The number of ketones is 3. The van der Waals surface area contributed by atoms with Gasteiger partial charge in [-0.25, -0.2) is 19.4 Å². The van der Waals surface area contributed by atoms with Gasteiger partial charge in [0.05, 0.1) is 68.6 Å². The standard InChI is InChI=1S/2C29H39N5O6.C25H32N4O5.C4H7NO/c1-15(2)11-18(13-23(35)21-14-19-20(32-21)7-6-8-24(19)39-5)28(37)33-22(12-17-9-10-31-27(17)36)25-26(30)34(16(3)4)29(38)40-25;1-16(2)11-19(13-24(35)22-14-20-21(33-22)7-6-8-25(20)39-5)28(37)34-23(12-18-9-10-31-27(18)36)26(15-30)40-29(38)32-17(3)4;1-14(2)9-16(11-21(30)20-12-17-18(28-20)5-4-6-23(17)34-3)25(33)29-19(22(31)13-26)10-15-7-8-27-24(15)32;1-4(2)5-3-6/h6-8,14-18,22,25,30,32H,9-13H2,1-5H3,(H,31,36)(H,33,37);6-8,14,16-19,23,26,33H,9-13H2,1-5H3,(H,31,36)(H,32,38)(H,34,37);4-6,12,14-16,19,22,28,31H,7-11H2,1-3H3,(H,27,32)(H,29,33);4H,1-2H3/t17-,18+,22-,25?;18-,19+,23-,26?;15-,16+,19-,22?;/m000./s1. The van der Waals surface area contributed by atoms with Crippen LogP contribution in [0.2, 0.25) is 0 Å². The Labute approximate surface area is 698 Å². The average molecular weight is 1660 g/mol. The van der Waals surface area contributed by atoms with Gasteiger partial charge in [-0.2, -0.15) is 10.5 Å². The Kier molecular flexibility index (Phi) is 35.9. The number of hydrogen-bond donors (Lipinski definition) is 12. The highest BCUT2D eigenvalue weighted by Crippen LogP contribution is 2.34. The van der Waals surface area contributed by atoms with Crippen molar-refractivity contribution in [1.29, 1.82) is 15.9 Å². The first-order chi connectivity index (χ1) is 57.0. The normalized spacial score (nSPS) is 18.2. The molecule has 12 N–H and O–H groups in total. The Morgan fingerprint density at radius 2 is 0.925 bits per heavy atom. The number of rotatable bonds is 37. The number of aliphatic imine (C=N–C) groups is 1. The molecule has 4 aliphatic heterocycles. The van der Waals surface area contributed by atoms with Crippen molar-refractivity contribution in [1.82, 2.24) is 57.1 Å². The van der Waals surface area contributed by atoms with E-state index in [0.717, 1.165) is 32.7 Å². The van der Waals surface area contributed by atoms with E-state index in [1.807, 2.05) is 110 Å². The van der Waals surface area contributed by atoms with E-state index >= 15 is 0 Å². The number of nitriles is 2. The number of Topliss-reactive ketones (excluding diaryl/α,β-unsaturated/α-hetero) is 3. The van der Waals surface area contributed by atoms with E-state index in [1.165, 1.54) is 11.0 Å². The summed E-state index contributed by atoms with van der Waals surface area (Å²) in [5, 5.41) is 59.6. The number of benzene rings is 3. The maximum Gasteiger partial charge on any atom is 0.416 e. The molecule has 3 aromatic heterocycles. The fourth-order valence-corrected chi connectivity index (χ4v) is 15.1. The Hall–Kier alpha value is -12.0. The monoisotopic (exact) mass is 1660 g/mol. The van der Waals surface area contributed by atoms with E-state index in [0.29, 0.717) is 92.5 Å². The summed E-state index contributed by atoms with van der Waals surface area (Å²) in [4.78, 5) is 165. The van der Waals surface area contributed by atoms with Crippen molar-refractivity contribution < 1.29 is 86.3 Å². The van der Waals surface area contributed by atoms with E-state index in [1.54, 1.807) is 79.4 Å². The van der Waals surface area contributed by atoms with Gasteiger partial charge in [0.1, 0.15) is 29.2 Å². The van der Waals surface area contributed by atoms with Crippen LogP contribution in [-0.2, 0) is 43.0 Å². The number of amides is 8. The van der Waals surface area contributed by atoms with Gasteiger partial charge in [-0.05, 0) is 172 Å². The lowest BCUT2D eigenvalue weighted by Crippen LogP contribution is -2.51. The summed E-state index contributed by atoms with van der Waals surface area (Å²) >= 11 is 0. The van der Waals surface area contributed by atoms with Crippen LogP contribution in [0.25, 0.3) is 32.7 Å². The van der Waals surface area contributed by atoms with Gasteiger partial charge in [-0.3, -0.25) is 53.5 Å². The molecule has 0 spiro atoms. The number of aromatic nitrogens is 3. The zero-order valence-corrected chi connectivity index (χ0v) is 71.1. The van der Waals surface area contributed by atoms with Crippen LogP contribution in [0, 0.1) is 81.3 Å². The number of aliphatic hydroxyl groups is 1. The minimum atomic E-state index is -1.45. The van der Waals surface area contributed by atoms with Crippen LogP contribution in [0.3, 0.4) is 0 Å². The predicted molar refractivity (Wildman–Crippen MR) is 447 cm³/mol. The van der Waals surface area contributed by atoms with Crippen molar-refractivity contribution in [2.75, 3.05) is 41.0 Å². The number of amidine groups is 1. The summed E-state index contributed by atoms with van der Waals surface area (Å²) in [6.45, 7) is 24.1. The summed E-state index contributed by atoms with van der Waals surface area (Å²) in [6.07, 6.45) is -0.381. The number of H-pyrrole nitrogens is 3. The number of methoxy groups -OCH3 is 3. The maximum absolute atomic E-state index is 13.7. The molecule has 0 saturated carbocycles. The van der Waals surface area contributed by atoms with E-state index < -0.39 is 84.1 Å². The lowest BCUT2D eigenvalue weighted by atomic mass is 9.89. The molecule has 0 aliphatic carbocycles. The minimum absolute atomic E-state index is 0.0293. The second kappa shape index (κ2) is 45.3. The molecule has 648 valence electrons. The second-order valence-corrected chi connectivity index (χ2v) is 32.9. The van der Waals surface area contributed by atoms with E-state index in [2.05, 4.69) is 57.2 Å². The second-order valence-electron chi connectivity index (χ2n) is 32.9. The molecule has 33 heteroatoms. The topological polar surface area (TPSA) is 490 Å². The Morgan fingerprint density at radius 1 is 0.550 bits per heavy atom. The molecule has 33 nitrogen and oxygen atoms in total. The van der Waals surface area contributed by atoms with Crippen molar-refractivity contribution >= 4 is 110 Å². The van der Waals surface area contributed by atoms with Crippen LogP contribution in [0.15, 0.2) is 77.8 Å². The van der Waals surface area contributed by atoms with Crippen LogP contribution >= 0.6 is 0 Å². The lowest BCUT2D eigenvalue weighted by molar-refractivity contribution is -0.128.